The highest BCUT2D eigenvalue weighted by Crippen LogP contribution is 2.20. The SMILES string of the molecule is Cc1nc(C(O)Cc2ccco2)cs1. The van der Waals surface area contributed by atoms with E-state index in [1.165, 1.54) is 0 Å². The number of aromatic nitrogens is 1. The summed E-state index contributed by atoms with van der Waals surface area (Å²) >= 11 is 1.54. The van der Waals surface area contributed by atoms with Crippen molar-refractivity contribution < 1.29 is 9.52 Å². The van der Waals surface area contributed by atoms with E-state index in [1.54, 1.807) is 17.6 Å². The van der Waals surface area contributed by atoms with Gasteiger partial charge in [-0.1, -0.05) is 0 Å². The molecule has 0 bridgehead atoms. The van der Waals surface area contributed by atoms with Gasteiger partial charge in [-0.3, -0.25) is 0 Å². The van der Waals surface area contributed by atoms with Crippen LogP contribution in [0, 0.1) is 6.92 Å². The lowest BCUT2D eigenvalue weighted by atomic mass is 10.2. The molecular weight excluding hydrogens is 198 g/mol. The molecule has 2 aromatic rings. The number of aryl methyl sites for hydroxylation is 1. The van der Waals surface area contributed by atoms with E-state index in [1.807, 2.05) is 24.4 Å². The molecule has 2 heterocycles. The molecule has 0 amide bonds. The van der Waals surface area contributed by atoms with Gasteiger partial charge in [0, 0.05) is 11.8 Å². The molecule has 14 heavy (non-hydrogen) atoms. The number of hydrogen-bond donors (Lipinski definition) is 1. The van der Waals surface area contributed by atoms with E-state index in [9.17, 15) is 5.11 Å². The van der Waals surface area contributed by atoms with Crippen molar-refractivity contribution in [3.63, 3.8) is 0 Å². The largest absolute Gasteiger partial charge is 0.469 e. The first-order valence-electron chi connectivity index (χ1n) is 4.38. The minimum absolute atomic E-state index is 0.482. The summed E-state index contributed by atoms with van der Waals surface area (Å²) in [5.41, 5.74) is 0.726. The maximum Gasteiger partial charge on any atom is 0.106 e. The Bertz CT molecular complexity index is 394. The number of aliphatic hydroxyl groups excluding tert-OH is 1. The third-order valence-electron chi connectivity index (χ3n) is 1.95. The summed E-state index contributed by atoms with van der Waals surface area (Å²) in [7, 11) is 0. The lowest BCUT2D eigenvalue weighted by Gasteiger charge is -2.04. The van der Waals surface area contributed by atoms with Gasteiger partial charge in [-0.15, -0.1) is 11.3 Å². The highest BCUT2D eigenvalue weighted by atomic mass is 32.1. The van der Waals surface area contributed by atoms with Crippen LogP contribution in [-0.4, -0.2) is 10.1 Å². The Labute approximate surface area is 86.0 Å². The molecule has 4 heteroatoms. The molecule has 2 rings (SSSR count). The van der Waals surface area contributed by atoms with Crippen LogP contribution in [0.2, 0.25) is 0 Å². The van der Waals surface area contributed by atoms with Crippen LogP contribution in [0.5, 0.6) is 0 Å². The molecule has 0 saturated heterocycles. The van der Waals surface area contributed by atoms with Crippen molar-refractivity contribution in [2.24, 2.45) is 0 Å². The van der Waals surface area contributed by atoms with Gasteiger partial charge in [0.25, 0.3) is 0 Å². The first kappa shape index (κ1) is 9.43. The zero-order valence-corrected chi connectivity index (χ0v) is 8.62. The van der Waals surface area contributed by atoms with Crippen molar-refractivity contribution in [3.05, 3.63) is 40.2 Å². The van der Waals surface area contributed by atoms with Gasteiger partial charge in [0.05, 0.1) is 17.0 Å². The van der Waals surface area contributed by atoms with Gasteiger partial charge in [-0.25, -0.2) is 4.98 Å². The van der Waals surface area contributed by atoms with Crippen molar-refractivity contribution in [1.29, 1.82) is 0 Å². The summed E-state index contributed by atoms with van der Waals surface area (Å²) in [5, 5.41) is 12.6. The van der Waals surface area contributed by atoms with Gasteiger partial charge in [-0.2, -0.15) is 0 Å². The summed E-state index contributed by atoms with van der Waals surface area (Å²) in [6.45, 7) is 1.92. The Morgan fingerprint density at radius 3 is 3.07 bits per heavy atom. The monoisotopic (exact) mass is 209 g/mol. The Hall–Kier alpha value is -1.13. The van der Waals surface area contributed by atoms with Crippen molar-refractivity contribution in [1.82, 2.24) is 4.98 Å². The molecule has 0 aromatic carbocycles. The van der Waals surface area contributed by atoms with Crippen molar-refractivity contribution in [2.45, 2.75) is 19.4 Å². The molecule has 1 unspecified atom stereocenters. The third-order valence-corrected chi connectivity index (χ3v) is 2.74. The minimum Gasteiger partial charge on any atom is -0.469 e. The summed E-state index contributed by atoms with van der Waals surface area (Å²) in [6.07, 6.45) is 1.52. The molecule has 3 nitrogen and oxygen atoms in total. The second kappa shape index (κ2) is 3.94. The molecule has 0 saturated carbocycles. The maximum absolute atomic E-state index is 9.79. The zero-order chi connectivity index (χ0) is 9.97. The average molecular weight is 209 g/mol. The smallest absolute Gasteiger partial charge is 0.106 e. The number of rotatable bonds is 3. The van der Waals surface area contributed by atoms with Crippen LogP contribution in [0.25, 0.3) is 0 Å². The van der Waals surface area contributed by atoms with Gasteiger partial charge in [0.15, 0.2) is 0 Å². The van der Waals surface area contributed by atoms with Gasteiger partial charge in [0.2, 0.25) is 0 Å². The van der Waals surface area contributed by atoms with Crippen LogP contribution < -0.4 is 0 Å². The van der Waals surface area contributed by atoms with Crippen LogP contribution in [-0.2, 0) is 6.42 Å². The Kier molecular flexibility index (Phi) is 2.65. The minimum atomic E-state index is -0.564. The molecule has 0 aliphatic carbocycles. The zero-order valence-electron chi connectivity index (χ0n) is 7.80. The van der Waals surface area contributed by atoms with Crippen LogP contribution in [0.1, 0.15) is 22.6 Å². The van der Waals surface area contributed by atoms with Gasteiger partial charge in [0.1, 0.15) is 11.9 Å². The van der Waals surface area contributed by atoms with E-state index < -0.39 is 6.10 Å². The second-order valence-corrected chi connectivity index (χ2v) is 4.15. The van der Waals surface area contributed by atoms with Crippen LogP contribution in [0.15, 0.2) is 28.2 Å². The maximum atomic E-state index is 9.79. The molecule has 74 valence electrons. The quantitative estimate of drug-likeness (QED) is 0.843. The summed E-state index contributed by atoms with van der Waals surface area (Å²) in [6, 6.07) is 3.66. The fourth-order valence-corrected chi connectivity index (χ4v) is 1.92. The summed E-state index contributed by atoms with van der Waals surface area (Å²) in [5.74, 6) is 0.781. The molecule has 0 fully saturated rings. The number of aliphatic hydroxyl groups is 1. The molecular formula is C10H11NO2S. The standard InChI is InChI=1S/C10H11NO2S/c1-7-11-9(6-14-7)10(12)5-8-3-2-4-13-8/h2-4,6,10,12H,5H2,1H3. The molecule has 0 radical (unpaired) electrons. The number of hydrogen-bond acceptors (Lipinski definition) is 4. The fourth-order valence-electron chi connectivity index (χ4n) is 1.26. The normalized spacial score (nSPS) is 13.0. The van der Waals surface area contributed by atoms with E-state index in [0.29, 0.717) is 6.42 Å². The number of thiazole rings is 1. The third kappa shape index (κ3) is 2.02. The molecule has 0 spiro atoms. The molecule has 1 atom stereocenters. The lowest BCUT2D eigenvalue weighted by molar-refractivity contribution is 0.166. The van der Waals surface area contributed by atoms with E-state index >= 15 is 0 Å². The van der Waals surface area contributed by atoms with Crippen molar-refractivity contribution in [3.8, 4) is 0 Å². The molecule has 1 N–H and O–H groups in total. The predicted octanol–water partition coefficient (Wildman–Crippen LogP) is 2.32. The molecule has 0 aliphatic heterocycles. The van der Waals surface area contributed by atoms with Crippen LogP contribution in [0.3, 0.4) is 0 Å². The van der Waals surface area contributed by atoms with E-state index in [0.717, 1.165) is 16.5 Å². The average Bonchev–Trinajstić information content (AvgIpc) is 2.75. The molecule has 2 aromatic heterocycles. The first-order chi connectivity index (χ1) is 6.75. The topological polar surface area (TPSA) is 46.3 Å². The van der Waals surface area contributed by atoms with Crippen LogP contribution in [0.4, 0.5) is 0 Å². The summed E-state index contributed by atoms with van der Waals surface area (Å²) in [4.78, 5) is 4.22. The first-order valence-corrected chi connectivity index (χ1v) is 5.26. The predicted molar refractivity (Wildman–Crippen MR) is 54.2 cm³/mol. The Morgan fingerprint density at radius 1 is 1.64 bits per heavy atom. The highest BCUT2D eigenvalue weighted by molar-refractivity contribution is 7.09. The Balaban J connectivity index is 2.06. The fraction of sp³-hybridized carbons (Fsp3) is 0.300. The van der Waals surface area contributed by atoms with Gasteiger partial charge >= 0.3 is 0 Å². The Morgan fingerprint density at radius 2 is 2.50 bits per heavy atom. The summed E-state index contributed by atoms with van der Waals surface area (Å²) < 4.78 is 5.15. The number of furan rings is 1. The lowest BCUT2D eigenvalue weighted by Crippen LogP contribution is -2.01. The highest BCUT2D eigenvalue weighted by Gasteiger charge is 2.12. The second-order valence-electron chi connectivity index (χ2n) is 3.09. The van der Waals surface area contributed by atoms with E-state index in [-0.39, 0.29) is 0 Å². The molecule has 0 aliphatic rings. The van der Waals surface area contributed by atoms with Gasteiger partial charge < -0.3 is 9.52 Å². The van der Waals surface area contributed by atoms with E-state index in [2.05, 4.69) is 4.98 Å². The van der Waals surface area contributed by atoms with Crippen molar-refractivity contribution >= 4 is 11.3 Å². The van der Waals surface area contributed by atoms with E-state index in [4.69, 9.17) is 4.42 Å². The van der Waals surface area contributed by atoms with Crippen molar-refractivity contribution in [2.75, 3.05) is 0 Å². The van der Waals surface area contributed by atoms with Crippen LogP contribution >= 0.6 is 11.3 Å². The van der Waals surface area contributed by atoms with Gasteiger partial charge in [-0.05, 0) is 19.1 Å². The number of nitrogens with zero attached hydrogens (tertiary/aromatic N) is 1.